The summed E-state index contributed by atoms with van der Waals surface area (Å²) in [6, 6.07) is 20.4. The topological polar surface area (TPSA) is 144 Å². The maximum atomic E-state index is 13.7. The highest BCUT2D eigenvalue weighted by Crippen LogP contribution is 2.32. The zero-order valence-corrected chi connectivity index (χ0v) is 33.1. The molecular formula is C47H48N2O9. The summed E-state index contributed by atoms with van der Waals surface area (Å²) in [4.78, 5) is 94.7. The normalized spacial score (nSPS) is 13.2. The van der Waals surface area contributed by atoms with E-state index < -0.39 is 41.4 Å². The molecule has 58 heavy (non-hydrogen) atoms. The number of rotatable bonds is 20. The fourth-order valence-corrected chi connectivity index (χ4v) is 7.15. The number of esters is 2. The number of unbranched alkanes of at least 4 members (excludes halogenated alkanes) is 10. The molecule has 0 saturated heterocycles. The molecule has 11 nitrogen and oxygen atoms in total. The molecule has 0 saturated carbocycles. The van der Waals surface area contributed by atoms with Crippen LogP contribution >= 0.6 is 0 Å². The van der Waals surface area contributed by atoms with Gasteiger partial charge in [0.25, 0.3) is 23.6 Å². The molecule has 2 heterocycles. The van der Waals surface area contributed by atoms with E-state index in [-0.39, 0.29) is 44.8 Å². The Balaban J connectivity index is 1.07. The molecule has 0 aromatic heterocycles. The molecule has 0 radical (unpaired) electrons. The monoisotopic (exact) mass is 784 g/mol. The molecule has 11 heteroatoms. The number of ether oxygens (including phenoxy) is 2. The zero-order chi connectivity index (χ0) is 41.2. The standard InChI is InChI=1S/C47H48N2O9/c1-3-5-7-9-11-13-27-57-46(55)31-15-21-35(22-16-31)48-42(51)37-25-19-33(29-39(37)44(48)53)41(50)34-20-26-38-40(30-34)45(54)49(43(38)52)36-23-17-32(18-24-36)47(56)58-28-14-12-10-8-6-4-2/h15-26,29-30H,3-14,27-28H2,1-2H3. The lowest BCUT2D eigenvalue weighted by Gasteiger charge is -2.14. The number of fused-ring (bicyclic) bond motifs is 2. The summed E-state index contributed by atoms with van der Waals surface area (Å²) in [6.07, 6.45) is 12.8. The third kappa shape index (κ3) is 9.15. The third-order valence-corrected chi connectivity index (χ3v) is 10.5. The van der Waals surface area contributed by atoms with Gasteiger partial charge in [0, 0.05) is 11.1 Å². The number of amides is 4. The Labute approximate surface area is 338 Å². The van der Waals surface area contributed by atoms with Crippen LogP contribution in [-0.4, -0.2) is 54.6 Å². The Morgan fingerprint density at radius 1 is 0.414 bits per heavy atom. The van der Waals surface area contributed by atoms with E-state index in [1.807, 2.05) is 0 Å². The first-order valence-corrected chi connectivity index (χ1v) is 20.3. The molecule has 0 fully saturated rings. The van der Waals surface area contributed by atoms with Gasteiger partial charge in [-0.15, -0.1) is 0 Å². The molecule has 6 rings (SSSR count). The molecule has 4 aromatic carbocycles. The van der Waals surface area contributed by atoms with Gasteiger partial charge >= 0.3 is 11.9 Å². The molecule has 0 spiro atoms. The van der Waals surface area contributed by atoms with Gasteiger partial charge in [-0.2, -0.15) is 0 Å². The maximum absolute atomic E-state index is 13.7. The van der Waals surface area contributed by atoms with E-state index in [1.54, 1.807) is 0 Å². The number of nitrogens with zero attached hydrogens (tertiary/aromatic N) is 2. The number of ketones is 1. The van der Waals surface area contributed by atoms with E-state index in [0.717, 1.165) is 61.2 Å². The van der Waals surface area contributed by atoms with Gasteiger partial charge in [-0.25, -0.2) is 19.4 Å². The first kappa shape index (κ1) is 41.4. The van der Waals surface area contributed by atoms with Crippen molar-refractivity contribution in [1.29, 1.82) is 0 Å². The van der Waals surface area contributed by atoms with Crippen molar-refractivity contribution in [3.63, 3.8) is 0 Å². The average molecular weight is 785 g/mol. The summed E-state index contributed by atoms with van der Waals surface area (Å²) in [6.45, 7) is 4.95. The molecule has 300 valence electrons. The van der Waals surface area contributed by atoms with Crippen LogP contribution in [0, 0.1) is 0 Å². The number of anilines is 2. The van der Waals surface area contributed by atoms with Gasteiger partial charge in [-0.1, -0.05) is 90.2 Å². The van der Waals surface area contributed by atoms with Crippen molar-refractivity contribution >= 4 is 52.7 Å². The van der Waals surface area contributed by atoms with Crippen molar-refractivity contribution in [3.05, 3.63) is 129 Å². The average Bonchev–Trinajstić information content (AvgIpc) is 3.65. The molecule has 0 bridgehead atoms. The SMILES string of the molecule is CCCCCCCCOC(=O)c1ccc(N2C(=O)c3ccc(C(=O)c4ccc5c(c4)C(=O)N(c4ccc(C(=O)OCCCCCCCC)cc4)C5=O)cc3C2=O)cc1. The van der Waals surface area contributed by atoms with Crippen LogP contribution in [0.1, 0.15) is 169 Å². The summed E-state index contributed by atoms with van der Waals surface area (Å²) in [5.41, 5.74) is 1.63. The third-order valence-electron chi connectivity index (χ3n) is 10.5. The van der Waals surface area contributed by atoms with Gasteiger partial charge in [0.1, 0.15) is 0 Å². The fraction of sp³-hybridized carbons (Fsp3) is 0.340. The molecule has 4 amide bonds. The Morgan fingerprint density at radius 2 is 0.741 bits per heavy atom. The van der Waals surface area contributed by atoms with Crippen molar-refractivity contribution < 1.29 is 43.0 Å². The van der Waals surface area contributed by atoms with E-state index in [4.69, 9.17) is 9.47 Å². The number of carbonyl (C=O) groups excluding carboxylic acids is 7. The molecule has 2 aliphatic rings. The van der Waals surface area contributed by atoms with Gasteiger partial charge in [0.2, 0.25) is 0 Å². The second-order valence-corrected chi connectivity index (χ2v) is 14.6. The van der Waals surface area contributed by atoms with E-state index in [9.17, 15) is 33.6 Å². The minimum absolute atomic E-state index is 0.0339. The number of hydrogen-bond acceptors (Lipinski definition) is 9. The predicted molar refractivity (Wildman–Crippen MR) is 219 cm³/mol. The van der Waals surface area contributed by atoms with E-state index in [2.05, 4.69) is 13.8 Å². The molecule has 2 aliphatic heterocycles. The second kappa shape index (κ2) is 19.3. The van der Waals surface area contributed by atoms with Crippen LogP contribution in [0.5, 0.6) is 0 Å². The summed E-state index contributed by atoms with van der Waals surface area (Å²) in [5.74, 6) is -3.89. The number of imide groups is 2. The summed E-state index contributed by atoms with van der Waals surface area (Å²) in [5, 5.41) is 0. The van der Waals surface area contributed by atoms with Gasteiger partial charge in [0.15, 0.2) is 5.78 Å². The van der Waals surface area contributed by atoms with E-state index in [0.29, 0.717) is 24.3 Å². The number of hydrogen-bond donors (Lipinski definition) is 0. The first-order valence-electron chi connectivity index (χ1n) is 20.3. The van der Waals surface area contributed by atoms with Crippen molar-refractivity contribution in [2.24, 2.45) is 0 Å². The van der Waals surface area contributed by atoms with Crippen LogP contribution in [-0.2, 0) is 9.47 Å². The Hall–Kier alpha value is -6.23. The van der Waals surface area contributed by atoms with Crippen LogP contribution in [0.15, 0.2) is 84.9 Å². The highest BCUT2D eigenvalue weighted by atomic mass is 16.5. The number of carbonyl (C=O) groups is 7. The van der Waals surface area contributed by atoms with Crippen LogP contribution in [0.2, 0.25) is 0 Å². The number of benzene rings is 4. The lowest BCUT2D eigenvalue weighted by Crippen LogP contribution is -2.29. The minimum Gasteiger partial charge on any atom is -0.462 e. The lowest BCUT2D eigenvalue weighted by atomic mass is 9.96. The van der Waals surface area contributed by atoms with Gasteiger partial charge in [0.05, 0.1) is 58.0 Å². The maximum Gasteiger partial charge on any atom is 0.338 e. The van der Waals surface area contributed by atoms with Gasteiger partial charge in [-0.3, -0.25) is 24.0 Å². The largest absolute Gasteiger partial charge is 0.462 e. The molecular weight excluding hydrogens is 737 g/mol. The molecule has 0 N–H and O–H groups in total. The van der Waals surface area contributed by atoms with Crippen molar-refractivity contribution in [2.45, 2.75) is 90.9 Å². The van der Waals surface area contributed by atoms with Crippen LogP contribution < -0.4 is 9.80 Å². The minimum atomic E-state index is -0.629. The predicted octanol–water partition coefficient (Wildman–Crippen LogP) is 9.55. The van der Waals surface area contributed by atoms with Crippen molar-refractivity contribution in [1.82, 2.24) is 0 Å². The molecule has 0 atom stereocenters. The Kier molecular flexibility index (Phi) is 13.8. The zero-order valence-electron chi connectivity index (χ0n) is 33.1. The first-order chi connectivity index (χ1) is 28.1. The van der Waals surface area contributed by atoms with E-state index in [1.165, 1.54) is 111 Å². The molecule has 0 unspecified atom stereocenters. The Morgan fingerprint density at radius 3 is 1.12 bits per heavy atom. The lowest BCUT2D eigenvalue weighted by molar-refractivity contribution is 0.0488. The van der Waals surface area contributed by atoms with E-state index >= 15 is 0 Å². The fourth-order valence-electron chi connectivity index (χ4n) is 7.15. The van der Waals surface area contributed by atoms with Crippen molar-refractivity contribution in [3.8, 4) is 0 Å². The Bertz CT molecular complexity index is 2050. The van der Waals surface area contributed by atoms with Gasteiger partial charge < -0.3 is 9.47 Å². The van der Waals surface area contributed by atoms with Crippen LogP contribution in [0.25, 0.3) is 0 Å². The highest BCUT2D eigenvalue weighted by molar-refractivity contribution is 6.36. The summed E-state index contributed by atoms with van der Waals surface area (Å²) >= 11 is 0. The van der Waals surface area contributed by atoms with Crippen LogP contribution in [0.3, 0.4) is 0 Å². The highest BCUT2D eigenvalue weighted by Gasteiger charge is 2.39. The second-order valence-electron chi connectivity index (χ2n) is 14.6. The van der Waals surface area contributed by atoms with Crippen molar-refractivity contribution in [2.75, 3.05) is 23.0 Å². The quantitative estimate of drug-likeness (QED) is 0.0370. The molecule has 4 aromatic rings. The van der Waals surface area contributed by atoms with Gasteiger partial charge in [-0.05, 0) is 85.6 Å². The van der Waals surface area contributed by atoms with Crippen LogP contribution in [0.4, 0.5) is 11.4 Å². The smallest absolute Gasteiger partial charge is 0.338 e. The molecule has 0 aliphatic carbocycles. The summed E-state index contributed by atoms with van der Waals surface area (Å²) in [7, 11) is 0. The summed E-state index contributed by atoms with van der Waals surface area (Å²) < 4.78 is 10.8.